The highest BCUT2D eigenvalue weighted by Gasteiger charge is 2.06. The van der Waals surface area contributed by atoms with Crippen LogP contribution in [0.3, 0.4) is 0 Å². The van der Waals surface area contributed by atoms with E-state index in [9.17, 15) is 0 Å². The van der Waals surface area contributed by atoms with Crippen LogP contribution < -0.4 is 5.32 Å². The van der Waals surface area contributed by atoms with Crippen molar-refractivity contribution in [3.8, 4) is 0 Å². The van der Waals surface area contributed by atoms with Crippen LogP contribution in [0, 0.1) is 0 Å². The van der Waals surface area contributed by atoms with E-state index in [1.165, 1.54) is 6.33 Å². The minimum atomic E-state index is 0.698. The van der Waals surface area contributed by atoms with Gasteiger partial charge in [-0.1, -0.05) is 0 Å². The fourth-order valence-corrected chi connectivity index (χ4v) is 1.58. The topological polar surface area (TPSA) is 66.5 Å². The lowest BCUT2D eigenvalue weighted by Crippen LogP contribution is -1.88. The van der Waals surface area contributed by atoms with Gasteiger partial charge in [-0.25, -0.2) is 9.97 Å². The molecule has 6 heteroatoms. The molecule has 0 bridgehead atoms. The third-order valence-electron chi connectivity index (χ3n) is 1.68. The smallest absolute Gasteiger partial charge is 0.202 e. The van der Waals surface area contributed by atoms with Gasteiger partial charge in [0.05, 0.1) is 0 Å². The van der Waals surface area contributed by atoms with E-state index < -0.39 is 0 Å². The Kier molecular flexibility index (Phi) is 2.05. The number of rotatable bonds is 2. The molecule has 2 heterocycles. The zero-order valence-electron chi connectivity index (χ0n) is 7.33. The predicted molar refractivity (Wildman–Crippen MR) is 53.0 cm³/mol. The maximum absolute atomic E-state index is 4.21. The Morgan fingerprint density at radius 3 is 3.00 bits per heavy atom. The standard InChI is InChI=1S/C7H9N5S/c1-8-7-11-4-5(12-7)9-3-10-6(4)13-2/h3H,1-2H3,(H2,8,9,10,11,12). The fraction of sp³-hybridized carbons (Fsp3) is 0.286. The summed E-state index contributed by atoms with van der Waals surface area (Å²) in [7, 11) is 1.81. The number of nitrogens with zero attached hydrogens (tertiary/aromatic N) is 3. The number of hydrogen-bond acceptors (Lipinski definition) is 5. The van der Waals surface area contributed by atoms with Gasteiger partial charge in [-0.15, -0.1) is 11.8 Å². The molecule has 2 N–H and O–H groups in total. The molecule has 2 aromatic heterocycles. The van der Waals surface area contributed by atoms with Crippen LogP contribution in [0.1, 0.15) is 0 Å². The van der Waals surface area contributed by atoms with Gasteiger partial charge in [-0.05, 0) is 6.26 Å². The van der Waals surface area contributed by atoms with Crippen LogP contribution in [0.4, 0.5) is 5.95 Å². The summed E-state index contributed by atoms with van der Waals surface area (Å²) in [6, 6.07) is 0. The average molecular weight is 195 g/mol. The SMILES string of the molecule is CNc1nc2ncnc(SC)c2[nH]1. The first-order chi connectivity index (χ1) is 6.35. The monoisotopic (exact) mass is 195 g/mol. The molecule has 0 aliphatic heterocycles. The number of imidazole rings is 1. The molecule has 0 aliphatic rings. The average Bonchev–Trinajstić information content (AvgIpc) is 2.59. The van der Waals surface area contributed by atoms with Gasteiger partial charge in [0.1, 0.15) is 16.9 Å². The highest BCUT2D eigenvalue weighted by atomic mass is 32.2. The molecule has 13 heavy (non-hydrogen) atoms. The molecule has 5 nitrogen and oxygen atoms in total. The zero-order chi connectivity index (χ0) is 9.26. The highest BCUT2D eigenvalue weighted by Crippen LogP contribution is 2.21. The van der Waals surface area contributed by atoms with Crippen LogP contribution in [0.15, 0.2) is 11.4 Å². The molecular weight excluding hydrogens is 186 g/mol. The zero-order valence-corrected chi connectivity index (χ0v) is 8.14. The molecule has 2 aromatic rings. The lowest BCUT2D eigenvalue weighted by Gasteiger charge is -1.93. The lowest BCUT2D eigenvalue weighted by atomic mass is 10.6. The van der Waals surface area contributed by atoms with Crippen LogP contribution in [0.25, 0.3) is 11.2 Å². The van der Waals surface area contributed by atoms with Gasteiger partial charge >= 0.3 is 0 Å². The van der Waals surface area contributed by atoms with Crippen molar-refractivity contribution in [1.29, 1.82) is 0 Å². The number of nitrogens with one attached hydrogen (secondary N) is 2. The second-order valence-electron chi connectivity index (χ2n) is 2.42. The maximum Gasteiger partial charge on any atom is 0.202 e. The van der Waals surface area contributed by atoms with Crippen molar-refractivity contribution >= 4 is 28.9 Å². The van der Waals surface area contributed by atoms with Gasteiger partial charge < -0.3 is 10.3 Å². The summed E-state index contributed by atoms with van der Waals surface area (Å²) in [6.07, 6.45) is 3.50. The Hall–Kier alpha value is -1.30. The van der Waals surface area contributed by atoms with Crippen LogP contribution in [0.2, 0.25) is 0 Å². The van der Waals surface area contributed by atoms with Crippen molar-refractivity contribution in [3.63, 3.8) is 0 Å². The Labute approximate surface area is 79.4 Å². The molecule has 0 aliphatic carbocycles. The highest BCUT2D eigenvalue weighted by molar-refractivity contribution is 7.98. The summed E-state index contributed by atoms with van der Waals surface area (Å²) in [6.45, 7) is 0. The molecule has 0 unspecified atom stereocenters. The van der Waals surface area contributed by atoms with E-state index in [0.29, 0.717) is 11.6 Å². The first-order valence-corrected chi connectivity index (χ1v) is 5.00. The van der Waals surface area contributed by atoms with Crippen LogP contribution in [-0.4, -0.2) is 33.2 Å². The normalized spacial score (nSPS) is 10.6. The molecule has 0 saturated heterocycles. The third-order valence-corrected chi connectivity index (χ3v) is 2.38. The Morgan fingerprint density at radius 2 is 2.31 bits per heavy atom. The van der Waals surface area contributed by atoms with E-state index in [1.807, 2.05) is 13.3 Å². The molecule has 0 fully saturated rings. The third kappa shape index (κ3) is 1.33. The number of H-pyrrole nitrogens is 1. The Morgan fingerprint density at radius 1 is 1.46 bits per heavy atom. The summed E-state index contributed by atoms with van der Waals surface area (Å²) in [5.41, 5.74) is 1.59. The lowest BCUT2D eigenvalue weighted by molar-refractivity contribution is 1.09. The van der Waals surface area contributed by atoms with Crippen LogP contribution in [0.5, 0.6) is 0 Å². The quantitative estimate of drug-likeness (QED) is 0.555. The van der Waals surface area contributed by atoms with Gasteiger partial charge in [0.25, 0.3) is 0 Å². The molecule has 0 radical (unpaired) electrons. The fourth-order valence-electron chi connectivity index (χ4n) is 1.08. The van der Waals surface area contributed by atoms with Crippen molar-refractivity contribution in [2.75, 3.05) is 18.6 Å². The minimum Gasteiger partial charge on any atom is -0.359 e. The van der Waals surface area contributed by atoms with Crippen molar-refractivity contribution in [2.45, 2.75) is 5.03 Å². The van der Waals surface area contributed by atoms with Gasteiger partial charge in [0.2, 0.25) is 5.95 Å². The molecule has 0 aromatic carbocycles. The van der Waals surface area contributed by atoms with Gasteiger partial charge in [0, 0.05) is 7.05 Å². The first-order valence-electron chi connectivity index (χ1n) is 3.77. The van der Waals surface area contributed by atoms with Crippen LogP contribution >= 0.6 is 11.8 Å². The summed E-state index contributed by atoms with van der Waals surface area (Å²) in [5.74, 6) is 0.714. The molecule has 68 valence electrons. The van der Waals surface area contributed by atoms with E-state index in [0.717, 1.165) is 10.5 Å². The Bertz CT molecular complexity index is 424. The second kappa shape index (κ2) is 3.21. The predicted octanol–water partition coefficient (Wildman–Crippen LogP) is 1.12. The largest absolute Gasteiger partial charge is 0.359 e. The molecular formula is C7H9N5S. The van der Waals surface area contributed by atoms with E-state index in [2.05, 4.69) is 25.3 Å². The van der Waals surface area contributed by atoms with Crippen molar-refractivity contribution < 1.29 is 0 Å². The minimum absolute atomic E-state index is 0.698. The number of thioether (sulfide) groups is 1. The number of aromatic amines is 1. The molecule has 0 atom stereocenters. The van der Waals surface area contributed by atoms with Crippen molar-refractivity contribution in [3.05, 3.63) is 6.33 Å². The van der Waals surface area contributed by atoms with Crippen molar-refractivity contribution in [2.24, 2.45) is 0 Å². The van der Waals surface area contributed by atoms with E-state index in [1.54, 1.807) is 11.8 Å². The van der Waals surface area contributed by atoms with E-state index in [-0.39, 0.29) is 0 Å². The summed E-state index contributed by atoms with van der Waals surface area (Å²) in [4.78, 5) is 15.5. The molecule has 2 rings (SSSR count). The summed E-state index contributed by atoms with van der Waals surface area (Å²) >= 11 is 1.57. The number of anilines is 1. The number of aromatic nitrogens is 4. The number of fused-ring (bicyclic) bond motifs is 1. The van der Waals surface area contributed by atoms with Gasteiger partial charge in [-0.2, -0.15) is 4.98 Å². The van der Waals surface area contributed by atoms with Gasteiger partial charge in [0.15, 0.2) is 5.65 Å². The molecule has 0 saturated carbocycles. The summed E-state index contributed by atoms with van der Waals surface area (Å²) in [5, 5.41) is 3.84. The molecule has 0 amide bonds. The molecule has 0 spiro atoms. The Balaban J connectivity index is 2.67. The summed E-state index contributed by atoms with van der Waals surface area (Å²) < 4.78 is 0. The van der Waals surface area contributed by atoms with E-state index >= 15 is 0 Å². The van der Waals surface area contributed by atoms with Crippen LogP contribution in [-0.2, 0) is 0 Å². The maximum atomic E-state index is 4.21. The number of hydrogen-bond donors (Lipinski definition) is 2. The van der Waals surface area contributed by atoms with E-state index in [4.69, 9.17) is 0 Å². The first kappa shape index (κ1) is 8.31. The van der Waals surface area contributed by atoms with Gasteiger partial charge in [-0.3, -0.25) is 0 Å². The second-order valence-corrected chi connectivity index (χ2v) is 3.21. The van der Waals surface area contributed by atoms with Crippen molar-refractivity contribution in [1.82, 2.24) is 19.9 Å².